The molecule has 5 nitrogen and oxygen atoms in total. The van der Waals surface area contributed by atoms with Crippen molar-refractivity contribution in [3.05, 3.63) is 53.1 Å². The number of hydrogen-bond donors (Lipinski definition) is 1. The molecule has 0 aliphatic rings. The first kappa shape index (κ1) is 12.6. The van der Waals surface area contributed by atoms with Crippen molar-refractivity contribution in [2.75, 3.05) is 5.73 Å². The number of aromatic nitrogens is 4. The van der Waals surface area contributed by atoms with Crippen molar-refractivity contribution < 1.29 is 0 Å². The Morgan fingerprint density at radius 2 is 1.90 bits per heavy atom. The number of benzene rings is 2. The van der Waals surface area contributed by atoms with Crippen LogP contribution in [0.1, 0.15) is 5.56 Å². The van der Waals surface area contributed by atoms with Gasteiger partial charge in [0.05, 0.1) is 10.7 Å². The molecular weight excluding hydrogens is 274 g/mol. The van der Waals surface area contributed by atoms with Crippen molar-refractivity contribution in [3.63, 3.8) is 0 Å². The maximum atomic E-state index is 6.21. The maximum absolute atomic E-state index is 6.21. The zero-order valence-electron chi connectivity index (χ0n) is 10.8. The van der Waals surface area contributed by atoms with Crippen LogP contribution in [0.4, 0.5) is 5.69 Å². The smallest absolute Gasteiger partial charge is 0.187 e. The van der Waals surface area contributed by atoms with Gasteiger partial charge in [-0.2, -0.15) is 4.68 Å². The first-order chi connectivity index (χ1) is 9.68. The van der Waals surface area contributed by atoms with Gasteiger partial charge in [0.15, 0.2) is 5.82 Å². The van der Waals surface area contributed by atoms with Crippen molar-refractivity contribution >= 4 is 17.3 Å². The van der Waals surface area contributed by atoms with E-state index in [-0.39, 0.29) is 0 Å². The molecule has 0 amide bonds. The molecule has 0 spiro atoms. The fourth-order valence-electron chi connectivity index (χ4n) is 2.04. The third-order valence-corrected chi connectivity index (χ3v) is 3.49. The molecule has 0 saturated carbocycles. The van der Waals surface area contributed by atoms with Crippen LogP contribution in [0, 0.1) is 6.92 Å². The predicted molar refractivity (Wildman–Crippen MR) is 78.7 cm³/mol. The summed E-state index contributed by atoms with van der Waals surface area (Å²) < 4.78 is 1.62. The molecule has 2 aromatic carbocycles. The quantitative estimate of drug-likeness (QED) is 0.735. The van der Waals surface area contributed by atoms with E-state index in [9.17, 15) is 0 Å². The second-order valence-corrected chi connectivity index (χ2v) is 4.79. The van der Waals surface area contributed by atoms with Crippen molar-refractivity contribution in [2.45, 2.75) is 6.92 Å². The summed E-state index contributed by atoms with van der Waals surface area (Å²) in [5.74, 6) is 0.614. The van der Waals surface area contributed by atoms with Crippen LogP contribution in [0.3, 0.4) is 0 Å². The highest BCUT2D eigenvalue weighted by Crippen LogP contribution is 2.28. The van der Waals surface area contributed by atoms with Gasteiger partial charge in [-0.25, -0.2) is 0 Å². The lowest BCUT2D eigenvalue weighted by molar-refractivity contribution is 0.791. The normalized spacial score (nSPS) is 10.7. The Kier molecular flexibility index (Phi) is 3.12. The van der Waals surface area contributed by atoms with E-state index in [1.54, 1.807) is 10.7 Å². The molecular formula is C14H12ClN5. The van der Waals surface area contributed by atoms with E-state index in [1.165, 1.54) is 0 Å². The number of nitrogens with two attached hydrogens (primary N) is 1. The molecule has 2 N–H and O–H groups in total. The Hall–Kier alpha value is -2.40. The van der Waals surface area contributed by atoms with E-state index in [4.69, 9.17) is 17.3 Å². The topological polar surface area (TPSA) is 69.6 Å². The largest absolute Gasteiger partial charge is 0.398 e. The molecule has 6 heteroatoms. The van der Waals surface area contributed by atoms with Crippen LogP contribution < -0.4 is 5.73 Å². The Balaban J connectivity index is 2.21. The van der Waals surface area contributed by atoms with Crippen LogP contribution in [0.15, 0.2) is 42.5 Å². The number of nitrogen functional groups attached to an aromatic ring is 1. The van der Waals surface area contributed by atoms with Crippen LogP contribution in [0.5, 0.6) is 0 Å². The molecule has 0 radical (unpaired) electrons. The summed E-state index contributed by atoms with van der Waals surface area (Å²) in [4.78, 5) is 0. The van der Waals surface area contributed by atoms with Gasteiger partial charge in [-0.1, -0.05) is 35.9 Å². The summed E-state index contributed by atoms with van der Waals surface area (Å²) in [6, 6.07) is 13.1. The molecule has 100 valence electrons. The zero-order valence-corrected chi connectivity index (χ0v) is 11.5. The molecule has 3 rings (SSSR count). The van der Waals surface area contributed by atoms with Crippen molar-refractivity contribution in [3.8, 4) is 17.1 Å². The molecule has 0 unspecified atom stereocenters. The zero-order chi connectivity index (χ0) is 14.1. The third-order valence-electron chi connectivity index (χ3n) is 3.17. The number of para-hydroxylation sites is 1. The van der Waals surface area contributed by atoms with Crippen molar-refractivity contribution in [1.29, 1.82) is 0 Å². The van der Waals surface area contributed by atoms with Gasteiger partial charge in [0.25, 0.3) is 0 Å². The molecule has 1 heterocycles. The van der Waals surface area contributed by atoms with E-state index in [0.29, 0.717) is 16.5 Å². The van der Waals surface area contributed by atoms with Gasteiger partial charge in [-0.05, 0) is 41.1 Å². The van der Waals surface area contributed by atoms with Gasteiger partial charge in [0.2, 0.25) is 0 Å². The summed E-state index contributed by atoms with van der Waals surface area (Å²) >= 11 is 6.21. The number of rotatable bonds is 2. The predicted octanol–water partition coefficient (Wildman–Crippen LogP) is 2.87. The SMILES string of the molecule is Cc1c(N)cccc1-c1nnnn1-c1ccccc1Cl. The van der Waals surface area contributed by atoms with E-state index in [2.05, 4.69) is 15.5 Å². The van der Waals surface area contributed by atoms with E-state index >= 15 is 0 Å². The van der Waals surface area contributed by atoms with Crippen LogP contribution in [-0.2, 0) is 0 Å². The second kappa shape index (κ2) is 4.94. The summed E-state index contributed by atoms with van der Waals surface area (Å²) in [5, 5.41) is 12.5. The molecule has 0 fully saturated rings. The summed E-state index contributed by atoms with van der Waals surface area (Å²) in [6.45, 7) is 1.94. The fraction of sp³-hybridized carbons (Fsp3) is 0.0714. The van der Waals surface area contributed by atoms with Crippen molar-refractivity contribution in [2.24, 2.45) is 0 Å². The van der Waals surface area contributed by atoms with E-state index in [1.807, 2.05) is 43.3 Å². The maximum Gasteiger partial charge on any atom is 0.187 e. The van der Waals surface area contributed by atoms with E-state index < -0.39 is 0 Å². The molecule has 20 heavy (non-hydrogen) atoms. The Morgan fingerprint density at radius 3 is 2.70 bits per heavy atom. The number of anilines is 1. The summed E-state index contributed by atoms with van der Waals surface area (Å²) in [5.41, 5.74) is 9.20. The molecule has 0 aliphatic carbocycles. The van der Waals surface area contributed by atoms with Gasteiger partial charge >= 0.3 is 0 Å². The second-order valence-electron chi connectivity index (χ2n) is 4.39. The number of hydrogen-bond acceptors (Lipinski definition) is 4. The minimum Gasteiger partial charge on any atom is -0.398 e. The molecule has 0 saturated heterocycles. The number of halogens is 1. The minimum absolute atomic E-state index is 0.586. The number of nitrogens with zero attached hydrogens (tertiary/aromatic N) is 4. The van der Waals surface area contributed by atoms with Crippen LogP contribution >= 0.6 is 11.6 Å². The number of tetrazole rings is 1. The Labute approximate surface area is 121 Å². The highest BCUT2D eigenvalue weighted by atomic mass is 35.5. The van der Waals surface area contributed by atoms with Gasteiger partial charge < -0.3 is 5.73 Å². The van der Waals surface area contributed by atoms with Crippen LogP contribution in [0.2, 0.25) is 5.02 Å². The Morgan fingerprint density at radius 1 is 1.10 bits per heavy atom. The van der Waals surface area contributed by atoms with Gasteiger partial charge in [-0.3, -0.25) is 0 Å². The molecule has 0 atom stereocenters. The van der Waals surface area contributed by atoms with E-state index in [0.717, 1.165) is 16.8 Å². The lowest BCUT2D eigenvalue weighted by Crippen LogP contribution is -2.02. The third kappa shape index (κ3) is 2.02. The molecule has 3 aromatic rings. The van der Waals surface area contributed by atoms with Crippen LogP contribution in [0.25, 0.3) is 17.1 Å². The minimum atomic E-state index is 0.586. The summed E-state index contributed by atoms with van der Waals surface area (Å²) in [6.07, 6.45) is 0. The molecule has 0 bridgehead atoms. The first-order valence-corrected chi connectivity index (χ1v) is 6.45. The summed E-state index contributed by atoms with van der Waals surface area (Å²) in [7, 11) is 0. The van der Waals surface area contributed by atoms with Gasteiger partial charge in [-0.15, -0.1) is 5.10 Å². The monoisotopic (exact) mass is 285 g/mol. The standard InChI is InChI=1S/C14H12ClN5/c1-9-10(5-4-7-12(9)16)14-17-18-19-20(14)13-8-3-2-6-11(13)15/h2-8H,16H2,1H3. The van der Waals surface area contributed by atoms with Gasteiger partial charge in [0.1, 0.15) is 0 Å². The lowest BCUT2D eigenvalue weighted by atomic mass is 10.1. The van der Waals surface area contributed by atoms with Gasteiger partial charge in [0, 0.05) is 11.3 Å². The molecule has 1 aromatic heterocycles. The average Bonchev–Trinajstić information content (AvgIpc) is 2.91. The highest BCUT2D eigenvalue weighted by molar-refractivity contribution is 6.32. The Bertz CT molecular complexity index is 766. The fourth-order valence-corrected chi connectivity index (χ4v) is 2.25. The average molecular weight is 286 g/mol. The van der Waals surface area contributed by atoms with Crippen molar-refractivity contribution in [1.82, 2.24) is 20.2 Å². The molecule has 0 aliphatic heterocycles. The first-order valence-electron chi connectivity index (χ1n) is 6.07. The van der Waals surface area contributed by atoms with Crippen LogP contribution in [-0.4, -0.2) is 20.2 Å². The lowest BCUT2D eigenvalue weighted by Gasteiger charge is -2.09. The highest BCUT2D eigenvalue weighted by Gasteiger charge is 2.15.